The zero-order valence-electron chi connectivity index (χ0n) is 12.5. The van der Waals surface area contributed by atoms with Gasteiger partial charge in [0.25, 0.3) is 0 Å². The average Bonchev–Trinajstić information content (AvgIpc) is 2.46. The summed E-state index contributed by atoms with van der Waals surface area (Å²) in [5.74, 6) is 0.0180. The van der Waals surface area contributed by atoms with E-state index in [1.54, 1.807) is 26.0 Å². The van der Waals surface area contributed by atoms with Crippen molar-refractivity contribution in [3.63, 3.8) is 0 Å². The molecule has 0 aliphatic rings. The van der Waals surface area contributed by atoms with Crippen molar-refractivity contribution < 1.29 is 17.5 Å². The molecular weight excluding hydrogens is 307 g/mol. The number of methoxy groups -OCH3 is 1. The Hall–Kier alpha value is -1.99. The smallest absolute Gasteiger partial charge is 0.241 e. The quantitative estimate of drug-likeness (QED) is 0.918. The van der Waals surface area contributed by atoms with Crippen molar-refractivity contribution in [3.05, 3.63) is 53.6 Å². The molecule has 2 rings (SSSR count). The molecule has 1 atom stereocenters. The van der Waals surface area contributed by atoms with Gasteiger partial charge in [-0.1, -0.05) is 0 Å². The van der Waals surface area contributed by atoms with Gasteiger partial charge in [-0.15, -0.1) is 0 Å². The molecule has 2 aromatic rings. The third kappa shape index (κ3) is 3.42. The number of sulfonamides is 1. The Kier molecular flexibility index (Phi) is 4.77. The molecule has 0 saturated carbocycles. The van der Waals surface area contributed by atoms with Gasteiger partial charge >= 0.3 is 0 Å². The molecular formula is C15H17FN2O3S. The van der Waals surface area contributed by atoms with Gasteiger partial charge < -0.3 is 4.74 Å². The van der Waals surface area contributed by atoms with Crippen LogP contribution < -0.4 is 9.46 Å². The van der Waals surface area contributed by atoms with Gasteiger partial charge in [0.2, 0.25) is 10.0 Å². The third-order valence-corrected chi connectivity index (χ3v) is 4.90. The zero-order valence-corrected chi connectivity index (χ0v) is 13.3. The van der Waals surface area contributed by atoms with Gasteiger partial charge in [0.1, 0.15) is 11.6 Å². The number of halogens is 1. The second kappa shape index (κ2) is 6.41. The maximum Gasteiger partial charge on any atom is 0.241 e. The molecule has 0 aliphatic carbocycles. The lowest BCUT2D eigenvalue weighted by Crippen LogP contribution is -2.28. The highest BCUT2D eigenvalue weighted by molar-refractivity contribution is 7.89. The summed E-state index contributed by atoms with van der Waals surface area (Å²) in [5.41, 5.74) is 0.595. The van der Waals surface area contributed by atoms with Crippen LogP contribution in [0, 0.1) is 12.7 Å². The summed E-state index contributed by atoms with van der Waals surface area (Å²) in [6, 6.07) is 6.55. The van der Waals surface area contributed by atoms with E-state index in [2.05, 4.69) is 9.71 Å². The number of nitrogens with one attached hydrogen (secondary N) is 1. The van der Waals surface area contributed by atoms with E-state index >= 15 is 0 Å². The molecule has 0 unspecified atom stereocenters. The Morgan fingerprint density at radius 3 is 2.64 bits per heavy atom. The van der Waals surface area contributed by atoms with Gasteiger partial charge in [-0.05, 0) is 49.7 Å². The molecule has 118 valence electrons. The number of hydrogen-bond donors (Lipinski definition) is 1. The molecule has 0 spiro atoms. The number of aromatic nitrogens is 1. The molecule has 0 aliphatic heterocycles. The first-order chi connectivity index (χ1) is 10.3. The lowest BCUT2D eigenvalue weighted by molar-refractivity contribution is 0.414. The second-order valence-corrected chi connectivity index (χ2v) is 6.53. The van der Waals surface area contributed by atoms with Crippen molar-refractivity contribution in [3.8, 4) is 5.75 Å². The summed E-state index contributed by atoms with van der Waals surface area (Å²) in [4.78, 5) is 4.01. The number of benzene rings is 1. The van der Waals surface area contributed by atoms with E-state index in [9.17, 15) is 12.8 Å². The number of rotatable bonds is 5. The molecule has 0 amide bonds. The summed E-state index contributed by atoms with van der Waals surface area (Å²) in [7, 11) is -2.29. The lowest BCUT2D eigenvalue weighted by Gasteiger charge is -2.16. The largest absolute Gasteiger partial charge is 0.497 e. The van der Waals surface area contributed by atoms with Crippen LogP contribution in [0.15, 0.2) is 41.4 Å². The first-order valence-electron chi connectivity index (χ1n) is 6.62. The number of ether oxygens (including phenoxy) is 1. The first-order valence-corrected chi connectivity index (χ1v) is 8.11. The lowest BCUT2D eigenvalue weighted by atomic mass is 10.2. The van der Waals surface area contributed by atoms with E-state index < -0.39 is 21.9 Å². The van der Waals surface area contributed by atoms with Crippen LogP contribution in [0.3, 0.4) is 0 Å². The van der Waals surface area contributed by atoms with E-state index in [0.29, 0.717) is 11.3 Å². The predicted octanol–water partition coefficient (Wildman–Crippen LogP) is 2.58. The minimum absolute atomic E-state index is 0.0530. The van der Waals surface area contributed by atoms with Crippen LogP contribution >= 0.6 is 0 Å². The Balaban J connectivity index is 2.30. The molecule has 1 aromatic carbocycles. The van der Waals surface area contributed by atoms with Gasteiger partial charge in [0, 0.05) is 6.20 Å². The highest BCUT2D eigenvalue weighted by Crippen LogP contribution is 2.23. The summed E-state index contributed by atoms with van der Waals surface area (Å²) in [6.45, 7) is 3.21. The highest BCUT2D eigenvalue weighted by atomic mass is 32.2. The van der Waals surface area contributed by atoms with Gasteiger partial charge in [0.05, 0.1) is 23.7 Å². The summed E-state index contributed by atoms with van der Waals surface area (Å²) in [6.07, 6.45) is 1.42. The fourth-order valence-electron chi connectivity index (χ4n) is 2.12. The minimum Gasteiger partial charge on any atom is -0.497 e. The number of aryl methyl sites for hydroxylation is 1. The van der Waals surface area contributed by atoms with E-state index in [0.717, 1.165) is 0 Å². The molecule has 0 fully saturated rings. The summed E-state index contributed by atoms with van der Waals surface area (Å²) >= 11 is 0. The summed E-state index contributed by atoms with van der Waals surface area (Å²) < 4.78 is 46.1. The van der Waals surface area contributed by atoms with Crippen LogP contribution in [0.2, 0.25) is 0 Å². The van der Waals surface area contributed by atoms with Crippen LogP contribution in [-0.4, -0.2) is 20.5 Å². The van der Waals surface area contributed by atoms with Crippen molar-refractivity contribution in [2.24, 2.45) is 0 Å². The van der Waals surface area contributed by atoms with Crippen LogP contribution in [0.5, 0.6) is 5.75 Å². The standard InChI is InChI=1S/C15H17FN2O3S/c1-10-9-12(21-3)6-7-14(10)22(19,20)18-11(2)15-13(16)5-4-8-17-15/h4-9,11,18H,1-3H3/t11-/m0/s1. The topological polar surface area (TPSA) is 68.3 Å². The van der Waals surface area contributed by atoms with Crippen molar-refractivity contribution in [1.82, 2.24) is 9.71 Å². The van der Waals surface area contributed by atoms with Crippen LogP contribution in [-0.2, 0) is 10.0 Å². The van der Waals surface area contributed by atoms with E-state index in [-0.39, 0.29) is 10.6 Å². The molecule has 1 N–H and O–H groups in total. The zero-order chi connectivity index (χ0) is 16.3. The molecule has 0 saturated heterocycles. The number of pyridine rings is 1. The van der Waals surface area contributed by atoms with Gasteiger partial charge in [-0.2, -0.15) is 0 Å². The van der Waals surface area contributed by atoms with Crippen LogP contribution in [0.1, 0.15) is 24.2 Å². The highest BCUT2D eigenvalue weighted by Gasteiger charge is 2.22. The molecule has 1 aromatic heterocycles. The molecule has 0 bridgehead atoms. The molecule has 5 nitrogen and oxygen atoms in total. The van der Waals surface area contributed by atoms with Crippen LogP contribution in [0.4, 0.5) is 4.39 Å². The fraction of sp³-hybridized carbons (Fsp3) is 0.267. The van der Waals surface area contributed by atoms with Crippen molar-refractivity contribution in [2.75, 3.05) is 7.11 Å². The molecule has 7 heteroatoms. The Bertz CT molecular complexity index is 778. The minimum atomic E-state index is -3.79. The average molecular weight is 324 g/mol. The van der Waals surface area contributed by atoms with Gasteiger partial charge in [0.15, 0.2) is 0 Å². The normalized spacial score (nSPS) is 12.9. The molecule has 1 heterocycles. The van der Waals surface area contributed by atoms with Crippen molar-refractivity contribution >= 4 is 10.0 Å². The summed E-state index contributed by atoms with van der Waals surface area (Å²) in [5, 5.41) is 0. The SMILES string of the molecule is COc1ccc(S(=O)(=O)N[C@@H](C)c2ncccc2F)c(C)c1. The van der Waals surface area contributed by atoms with E-state index in [1.165, 1.54) is 31.5 Å². The predicted molar refractivity (Wildman–Crippen MR) is 80.7 cm³/mol. The Morgan fingerprint density at radius 1 is 1.32 bits per heavy atom. The van der Waals surface area contributed by atoms with Gasteiger partial charge in [-0.25, -0.2) is 17.5 Å². The Morgan fingerprint density at radius 2 is 2.05 bits per heavy atom. The third-order valence-electron chi connectivity index (χ3n) is 3.20. The van der Waals surface area contributed by atoms with Gasteiger partial charge in [-0.3, -0.25) is 4.98 Å². The van der Waals surface area contributed by atoms with Crippen LogP contribution in [0.25, 0.3) is 0 Å². The molecule has 22 heavy (non-hydrogen) atoms. The van der Waals surface area contributed by atoms with E-state index in [4.69, 9.17) is 4.74 Å². The van der Waals surface area contributed by atoms with Crippen molar-refractivity contribution in [2.45, 2.75) is 24.8 Å². The fourth-order valence-corrected chi connectivity index (χ4v) is 3.55. The number of nitrogens with zero attached hydrogens (tertiary/aromatic N) is 1. The van der Waals surface area contributed by atoms with E-state index in [1.807, 2.05) is 0 Å². The maximum absolute atomic E-state index is 13.7. The van der Waals surface area contributed by atoms with Crippen molar-refractivity contribution in [1.29, 1.82) is 0 Å². The molecule has 0 radical (unpaired) electrons. The number of hydrogen-bond acceptors (Lipinski definition) is 4. The second-order valence-electron chi connectivity index (χ2n) is 4.84. The first kappa shape index (κ1) is 16.4. The maximum atomic E-state index is 13.7. The Labute approximate surface area is 129 Å². The monoisotopic (exact) mass is 324 g/mol.